The number of esters is 1. The molecule has 0 aliphatic carbocycles. The number of hydrogen-bond donors (Lipinski definition) is 1. The molecular formula is C28H22N2O5. The van der Waals surface area contributed by atoms with E-state index in [4.69, 9.17) is 24.4 Å². The van der Waals surface area contributed by atoms with Gasteiger partial charge in [0, 0.05) is 28.1 Å². The number of benzene rings is 3. The number of fused-ring (bicyclic) bond motifs is 2. The quantitative estimate of drug-likeness (QED) is 0.313. The molecule has 7 nitrogen and oxygen atoms in total. The standard InChI is InChI=1S/C28H22N2O5/c1-15-8-10-18-16(2)26(34-23(18)12-15)28(31)33-17-9-11-20-24(13-17)35-27(30)21(14-29)25(20)19-6-4-5-7-22(19)32-3/h4-13,25H,30H2,1-3H3. The van der Waals surface area contributed by atoms with Gasteiger partial charge in [-0.05, 0) is 37.6 Å². The van der Waals surface area contributed by atoms with Gasteiger partial charge in [-0.25, -0.2) is 4.79 Å². The number of allylic oxidation sites excluding steroid dienone is 1. The van der Waals surface area contributed by atoms with Crippen molar-refractivity contribution in [3.8, 4) is 23.3 Å². The lowest BCUT2D eigenvalue weighted by Crippen LogP contribution is -2.21. The molecule has 0 saturated carbocycles. The van der Waals surface area contributed by atoms with E-state index >= 15 is 0 Å². The van der Waals surface area contributed by atoms with Gasteiger partial charge in [-0.15, -0.1) is 0 Å². The summed E-state index contributed by atoms with van der Waals surface area (Å²) < 4.78 is 22.7. The number of hydrogen-bond acceptors (Lipinski definition) is 7. The smallest absolute Gasteiger partial charge is 0.379 e. The maximum absolute atomic E-state index is 12.9. The van der Waals surface area contributed by atoms with E-state index in [1.165, 1.54) is 0 Å². The molecule has 2 N–H and O–H groups in total. The van der Waals surface area contributed by atoms with Crippen LogP contribution in [0.5, 0.6) is 17.2 Å². The number of furan rings is 1. The molecule has 5 rings (SSSR count). The number of para-hydroxylation sites is 1. The lowest BCUT2D eigenvalue weighted by Gasteiger charge is -2.27. The first kappa shape index (κ1) is 22.1. The van der Waals surface area contributed by atoms with Gasteiger partial charge in [0.25, 0.3) is 0 Å². The molecule has 0 amide bonds. The summed E-state index contributed by atoms with van der Waals surface area (Å²) in [7, 11) is 1.57. The number of ether oxygens (including phenoxy) is 3. The molecule has 174 valence electrons. The first-order valence-corrected chi connectivity index (χ1v) is 11.0. The molecule has 2 heterocycles. The van der Waals surface area contributed by atoms with Gasteiger partial charge in [-0.1, -0.05) is 36.4 Å². The predicted molar refractivity (Wildman–Crippen MR) is 129 cm³/mol. The monoisotopic (exact) mass is 466 g/mol. The summed E-state index contributed by atoms with van der Waals surface area (Å²) in [6, 6.07) is 20.3. The van der Waals surface area contributed by atoms with E-state index in [-0.39, 0.29) is 23.0 Å². The number of aryl methyl sites for hydroxylation is 2. The highest BCUT2D eigenvalue weighted by Crippen LogP contribution is 2.45. The Bertz CT molecular complexity index is 1560. The third-order valence-corrected chi connectivity index (χ3v) is 6.13. The van der Waals surface area contributed by atoms with Crippen LogP contribution in [0.3, 0.4) is 0 Å². The van der Waals surface area contributed by atoms with Crippen LogP contribution in [-0.2, 0) is 0 Å². The molecule has 35 heavy (non-hydrogen) atoms. The Morgan fingerprint density at radius 2 is 1.86 bits per heavy atom. The molecule has 0 spiro atoms. The summed E-state index contributed by atoms with van der Waals surface area (Å²) in [6.45, 7) is 3.78. The average Bonchev–Trinajstić information content (AvgIpc) is 3.18. The van der Waals surface area contributed by atoms with Crippen molar-refractivity contribution in [1.82, 2.24) is 0 Å². The Morgan fingerprint density at radius 3 is 2.63 bits per heavy atom. The molecule has 1 aliphatic heterocycles. The van der Waals surface area contributed by atoms with Gasteiger partial charge in [-0.2, -0.15) is 5.26 Å². The highest BCUT2D eigenvalue weighted by molar-refractivity contribution is 5.97. The van der Waals surface area contributed by atoms with E-state index < -0.39 is 11.9 Å². The van der Waals surface area contributed by atoms with Crippen LogP contribution in [0, 0.1) is 25.2 Å². The minimum atomic E-state index is -0.616. The molecule has 0 radical (unpaired) electrons. The van der Waals surface area contributed by atoms with E-state index in [0.29, 0.717) is 28.2 Å². The van der Waals surface area contributed by atoms with E-state index in [0.717, 1.165) is 16.5 Å². The van der Waals surface area contributed by atoms with Gasteiger partial charge in [0.05, 0.1) is 13.0 Å². The molecule has 1 unspecified atom stereocenters. The first-order valence-electron chi connectivity index (χ1n) is 11.0. The topological polar surface area (TPSA) is 108 Å². The molecule has 1 atom stereocenters. The molecule has 1 aromatic heterocycles. The number of nitrogens with two attached hydrogens (primary N) is 1. The minimum absolute atomic E-state index is 0.0112. The average molecular weight is 466 g/mol. The Labute approximate surface area is 201 Å². The Balaban J connectivity index is 1.51. The molecule has 4 aromatic rings. The van der Waals surface area contributed by atoms with Crippen molar-refractivity contribution in [2.75, 3.05) is 7.11 Å². The minimum Gasteiger partial charge on any atom is -0.496 e. The van der Waals surface area contributed by atoms with Crippen LogP contribution in [0.2, 0.25) is 0 Å². The third-order valence-electron chi connectivity index (χ3n) is 6.13. The summed E-state index contributed by atoms with van der Waals surface area (Å²) in [4.78, 5) is 12.9. The Kier molecular flexibility index (Phi) is 5.42. The predicted octanol–water partition coefficient (Wildman–Crippen LogP) is 5.50. The van der Waals surface area contributed by atoms with Gasteiger partial charge in [-0.3, -0.25) is 0 Å². The van der Waals surface area contributed by atoms with Gasteiger partial charge in [0.15, 0.2) is 0 Å². The van der Waals surface area contributed by atoms with Crippen LogP contribution < -0.4 is 19.9 Å². The highest BCUT2D eigenvalue weighted by atomic mass is 16.5. The van der Waals surface area contributed by atoms with E-state index in [9.17, 15) is 10.1 Å². The van der Waals surface area contributed by atoms with Crippen molar-refractivity contribution in [3.63, 3.8) is 0 Å². The Hall–Kier alpha value is -4.70. The molecular weight excluding hydrogens is 444 g/mol. The zero-order valence-corrected chi connectivity index (χ0v) is 19.4. The maximum atomic E-state index is 12.9. The molecule has 0 saturated heterocycles. The number of nitrogens with zero attached hydrogens (tertiary/aromatic N) is 1. The highest BCUT2D eigenvalue weighted by Gasteiger charge is 2.33. The van der Waals surface area contributed by atoms with Crippen molar-refractivity contribution in [3.05, 3.63) is 100 Å². The van der Waals surface area contributed by atoms with Gasteiger partial charge < -0.3 is 24.4 Å². The van der Waals surface area contributed by atoms with E-state index in [2.05, 4.69) is 6.07 Å². The van der Waals surface area contributed by atoms with E-state index in [1.54, 1.807) is 25.3 Å². The van der Waals surface area contributed by atoms with Crippen LogP contribution in [0.4, 0.5) is 0 Å². The third kappa shape index (κ3) is 3.75. The van der Waals surface area contributed by atoms with Crippen LogP contribution >= 0.6 is 0 Å². The lowest BCUT2D eigenvalue weighted by molar-refractivity contribution is 0.0702. The molecule has 0 bridgehead atoms. The molecule has 0 fully saturated rings. The summed E-state index contributed by atoms with van der Waals surface area (Å²) in [5, 5.41) is 10.7. The fourth-order valence-corrected chi connectivity index (χ4v) is 4.40. The molecule has 3 aromatic carbocycles. The van der Waals surface area contributed by atoms with Crippen LogP contribution in [0.15, 0.2) is 76.5 Å². The maximum Gasteiger partial charge on any atom is 0.379 e. The van der Waals surface area contributed by atoms with Crippen molar-refractivity contribution >= 4 is 16.9 Å². The van der Waals surface area contributed by atoms with Gasteiger partial charge in [0.1, 0.15) is 34.5 Å². The molecule has 7 heteroatoms. The largest absolute Gasteiger partial charge is 0.496 e. The van der Waals surface area contributed by atoms with Crippen molar-refractivity contribution in [1.29, 1.82) is 5.26 Å². The Morgan fingerprint density at radius 1 is 1.06 bits per heavy atom. The number of rotatable bonds is 4. The second-order valence-corrected chi connectivity index (χ2v) is 8.31. The number of carbonyl (C=O) groups excluding carboxylic acids is 1. The number of carbonyl (C=O) groups is 1. The zero-order valence-electron chi connectivity index (χ0n) is 19.4. The number of nitriles is 1. The summed E-state index contributed by atoms with van der Waals surface area (Å²) in [6.07, 6.45) is 0. The zero-order chi connectivity index (χ0) is 24.7. The second kappa shape index (κ2) is 8.58. The first-order chi connectivity index (χ1) is 16.9. The molecule has 1 aliphatic rings. The summed E-state index contributed by atoms with van der Waals surface area (Å²) in [5.74, 6) is 0.291. The van der Waals surface area contributed by atoms with Gasteiger partial charge in [0.2, 0.25) is 11.6 Å². The normalized spacial score (nSPS) is 14.7. The lowest BCUT2D eigenvalue weighted by atomic mass is 9.83. The second-order valence-electron chi connectivity index (χ2n) is 8.31. The summed E-state index contributed by atoms with van der Waals surface area (Å²) in [5.41, 5.74) is 10.2. The van der Waals surface area contributed by atoms with Crippen LogP contribution in [-0.4, -0.2) is 13.1 Å². The number of methoxy groups -OCH3 is 1. The van der Waals surface area contributed by atoms with Crippen molar-refractivity contribution in [2.24, 2.45) is 5.73 Å². The van der Waals surface area contributed by atoms with Crippen LogP contribution in [0.1, 0.15) is 38.7 Å². The van der Waals surface area contributed by atoms with E-state index in [1.807, 2.05) is 56.3 Å². The van der Waals surface area contributed by atoms with Gasteiger partial charge >= 0.3 is 5.97 Å². The fraction of sp³-hybridized carbons (Fsp3) is 0.143. The van der Waals surface area contributed by atoms with Crippen molar-refractivity contribution in [2.45, 2.75) is 19.8 Å². The summed E-state index contributed by atoms with van der Waals surface area (Å²) >= 11 is 0. The SMILES string of the molecule is COc1ccccc1C1C(C#N)=C(N)Oc2cc(OC(=O)c3oc4cc(C)ccc4c3C)ccc21. The fourth-order valence-electron chi connectivity index (χ4n) is 4.40. The van der Waals surface area contributed by atoms with Crippen LogP contribution in [0.25, 0.3) is 11.0 Å². The van der Waals surface area contributed by atoms with Crippen molar-refractivity contribution < 1.29 is 23.4 Å².